The number of nitrogens with one attached hydrogen (secondary N) is 1. The van der Waals surface area contributed by atoms with Crippen molar-refractivity contribution < 1.29 is 4.39 Å². The van der Waals surface area contributed by atoms with Crippen LogP contribution in [0.15, 0.2) is 12.1 Å². The summed E-state index contributed by atoms with van der Waals surface area (Å²) in [5.41, 5.74) is 3.91. The molecule has 1 aromatic heterocycles. The summed E-state index contributed by atoms with van der Waals surface area (Å²) in [5, 5.41) is 3.49. The molecule has 0 amide bonds. The Bertz CT molecular complexity index is 633. The molecule has 0 aliphatic rings. The van der Waals surface area contributed by atoms with E-state index >= 15 is 0 Å². The van der Waals surface area contributed by atoms with E-state index in [9.17, 15) is 4.39 Å². The Morgan fingerprint density at radius 2 is 1.60 bits per heavy atom. The third-order valence-electron chi connectivity index (χ3n) is 3.22. The average molecular weight is 294 g/mol. The Hall–Kier alpha value is -1.68. The molecule has 0 aliphatic carbocycles. The summed E-state index contributed by atoms with van der Waals surface area (Å²) in [5.74, 6) is 0.396. The van der Waals surface area contributed by atoms with Crippen LogP contribution in [-0.2, 0) is 6.54 Å². The van der Waals surface area contributed by atoms with Gasteiger partial charge in [0.15, 0.2) is 11.0 Å². The van der Waals surface area contributed by atoms with E-state index in [0.29, 0.717) is 28.6 Å². The number of hydrogen-bond acceptors (Lipinski definition) is 3. The molecule has 0 saturated carbocycles. The van der Waals surface area contributed by atoms with Crippen molar-refractivity contribution >= 4 is 17.4 Å². The number of aromatic nitrogens is 2. The van der Waals surface area contributed by atoms with Crippen LogP contribution in [-0.4, -0.2) is 9.97 Å². The Morgan fingerprint density at radius 3 is 2.20 bits per heavy atom. The number of aryl methyl sites for hydroxylation is 4. The molecular formula is C15H17ClFN3. The van der Waals surface area contributed by atoms with Crippen LogP contribution in [0.2, 0.25) is 5.15 Å². The highest BCUT2D eigenvalue weighted by Gasteiger charge is 2.08. The topological polar surface area (TPSA) is 37.8 Å². The normalized spacial score (nSPS) is 10.7. The zero-order valence-electron chi connectivity index (χ0n) is 12.0. The molecule has 0 unspecified atom stereocenters. The number of hydrogen-bond donors (Lipinski definition) is 1. The van der Waals surface area contributed by atoms with Crippen molar-refractivity contribution in [2.45, 2.75) is 34.2 Å². The smallest absolute Gasteiger partial charge is 0.171 e. The van der Waals surface area contributed by atoms with Crippen molar-refractivity contribution in [3.63, 3.8) is 0 Å². The van der Waals surface area contributed by atoms with Crippen LogP contribution in [0.25, 0.3) is 0 Å². The van der Waals surface area contributed by atoms with Crippen LogP contribution in [0.4, 0.5) is 10.2 Å². The number of nitrogens with zero attached hydrogens (tertiary/aromatic N) is 2. The molecule has 106 valence electrons. The first-order valence-corrected chi connectivity index (χ1v) is 6.76. The molecule has 0 saturated heterocycles. The summed E-state index contributed by atoms with van der Waals surface area (Å²) in [6.45, 7) is 7.79. The molecule has 5 heteroatoms. The SMILES string of the molecule is Cc1cc(CNc2nc(C)c(C)nc2Cl)cc(C)c1F. The highest BCUT2D eigenvalue weighted by molar-refractivity contribution is 6.31. The van der Waals surface area contributed by atoms with E-state index in [1.165, 1.54) is 0 Å². The molecule has 1 N–H and O–H groups in total. The van der Waals surface area contributed by atoms with Gasteiger partial charge in [-0.25, -0.2) is 14.4 Å². The minimum atomic E-state index is -0.155. The molecule has 0 spiro atoms. The van der Waals surface area contributed by atoms with Gasteiger partial charge in [-0.05, 0) is 44.4 Å². The van der Waals surface area contributed by atoms with Crippen LogP contribution < -0.4 is 5.32 Å². The summed E-state index contributed by atoms with van der Waals surface area (Å²) >= 11 is 6.06. The molecular weight excluding hydrogens is 277 g/mol. The van der Waals surface area contributed by atoms with Crippen LogP contribution in [0.1, 0.15) is 28.1 Å². The van der Waals surface area contributed by atoms with E-state index in [4.69, 9.17) is 11.6 Å². The van der Waals surface area contributed by atoms with Gasteiger partial charge < -0.3 is 5.32 Å². The lowest BCUT2D eigenvalue weighted by atomic mass is 10.1. The predicted molar refractivity (Wildman–Crippen MR) is 79.7 cm³/mol. The lowest BCUT2D eigenvalue weighted by Crippen LogP contribution is -2.06. The van der Waals surface area contributed by atoms with E-state index in [-0.39, 0.29) is 5.82 Å². The van der Waals surface area contributed by atoms with Crippen LogP contribution >= 0.6 is 11.6 Å². The van der Waals surface area contributed by atoms with Crippen molar-refractivity contribution in [2.24, 2.45) is 0 Å². The van der Waals surface area contributed by atoms with Gasteiger partial charge in [0.1, 0.15) is 5.82 Å². The van der Waals surface area contributed by atoms with Gasteiger partial charge in [-0.2, -0.15) is 0 Å². The molecule has 0 fully saturated rings. The molecule has 2 aromatic rings. The molecule has 0 bridgehead atoms. The predicted octanol–water partition coefficient (Wildman–Crippen LogP) is 4.11. The summed E-state index contributed by atoms with van der Waals surface area (Å²) in [7, 11) is 0. The fraction of sp³-hybridized carbons (Fsp3) is 0.333. The molecule has 3 nitrogen and oxygen atoms in total. The maximum absolute atomic E-state index is 13.6. The van der Waals surface area contributed by atoms with Crippen molar-refractivity contribution in [3.8, 4) is 0 Å². The zero-order chi connectivity index (χ0) is 14.9. The molecule has 2 rings (SSSR count). The Labute approximate surface area is 123 Å². The van der Waals surface area contributed by atoms with Gasteiger partial charge in [0.2, 0.25) is 0 Å². The first kappa shape index (κ1) is 14.7. The second kappa shape index (κ2) is 5.75. The first-order valence-electron chi connectivity index (χ1n) is 6.38. The van der Waals surface area contributed by atoms with Crippen molar-refractivity contribution in [1.29, 1.82) is 0 Å². The molecule has 1 aromatic carbocycles. The van der Waals surface area contributed by atoms with E-state index < -0.39 is 0 Å². The van der Waals surface area contributed by atoms with Gasteiger partial charge in [0.25, 0.3) is 0 Å². The van der Waals surface area contributed by atoms with Gasteiger partial charge in [0.05, 0.1) is 11.4 Å². The minimum absolute atomic E-state index is 0.155. The largest absolute Gasteiger partial charge is 0.363 e. The molecule has 0 atom stereocenters. The molecule has 20 heavy (non-hydrogen) atoms. The van der Waals surface area contributed by atoms with Gasteiger partial charge in [-0.15, -0.1) is 0 Å². The number of anilines is 1. The molecule has 0 radical (unpaired) electrons. The number of rotatable bonds is 3. The lowest BCUT2D eigenvalue weighted by Gasteiger charge is -2.11. The lowest BCUT2D eigenvalue weighted by molar-refractivity contribution is 0.608. The van der Waals surface area contributed by atoms with Crippen LogP contribution in [0, 0.1) is 33.5 Å². The van der Waals surface area contributed by atoms with Crippen molar-refractivity contribution in [1.82, 2.24) is 9.97 Å². The van der Waals surface area contributed by atoms with Gasteiger partial charge in [-0.3, -0.25) is 0 Å². The molecule has 0 aliphatic heterocycles. The third-order valence-corrected chi connectivity index (χ3v) is 3.48. The van der Waals surface area contributed by atoms with E-state index in [2.05, 4.69) is 15.3 Å². The Balaban J connectivity index is 2.19. The fourth-order valence-corrected chi connectivity index (χ4v) is 2.25. The Morgan fingerprint density at radius 1 is 1.05 bits per heavy atom. The van der Waals surface area contributed by atoms with Crippen LogP contribution in [0.5, 0.6) is 0 Å². The van der Waals surface area contributed by atoms with Crippen LogP contribution in [0.3, 0.4) is 0 Å². The standard InChI is InChI=1S/C15H17ClFN3/c1-8-5-12(6-9(2)13(8)17)7-18-15-14(16)19-10(3)11(4)20-15/h5-6H,7H2,1-4H3,(H,18,20). The zero-order valence-corrected chi connectivity index (χ0v) is 12.8. The third kappa shape index (κ3) is 3.07. The highest BCUT2D eigenvalue weighted by Crippen LogP contribution is 2.20. The number of benzene rings is 1. The highest BCUT2D eigenvalue weighted by atomic mass is 35.5. The number of halogens is 2. The second-order valence-electron chi connectivity index (χ2n) is 4.93. The van der Waals surface area contributed by atoms with Gasteiger partial charge in [-0.1, -0.05) is 23.7 Å². The monoisotopic (exact) mass is 293 g/mol. The second-order valence-corrected chi connectivity index (χ2v) is 5.29. The van der Waals surface area contributed by atoms with E-state index in [0.717, 1.165) is 17.0 Å². The minimum Gasteiger partial charge on any atom is -0.363 e. The van der Waals surface area contributed by atoms with Gasteiger partial charge in [0, 0.05) is 6.54 Å². The quantitative estimate of drug-likeness (QED) is 0.925. The fourth-order valence-electron chi connectivity index (χ4n) is 2.01. The van der Waals surface area contributed by atoms with Crippen molar-refractivity contribution in [3.05, 3.63) is 51.2 Å². The first-order chi connectivity index (χ1) is 9.38. The summed E-state index contributed by atoms with van der Waals surface area (Å²) in [6, 6.07) is 3.63. The summed E-state index contributed by atoms with van der Waals surface area (Å²) < 4.78 is 13.6. The summed E-state index contributed by atoms with van der Waals surface area (Å²) in [4.78, 5) is 8.59. The van der Waals surface area contributed by atoms with Gasteiger partial charge >= 0.3 is 0 Å². The van der Waals surface area contributed by atoms with E-state index in [1.54, 1.807) is 13.8 Å². The Kier molecular flexibility index (Phi) is 4.23. The summed E-state index contributed by atoms with van der Waals surface area (Å²) in [6.07, 6.45) is 0. The maximum atomic E-state index is 13.6. The molecule has 1 heterocycles. The van der Waals surface area contributed by atoms with Crippen molar-refractivity contribution in [2.75, 3.05) is 5.32 Å². The average Bonchev–Trinajstić information content (AvgIpc) is 2.38. The van der Waals surface area contributed by atoms with E-state index in [1.807, 2.05) is 26.0 Å². The maximum Gasteiger partial charge on any atom is 0.171 e.